The van der Waals surface area contributed by atoms with E-state index in [1.54, 1.807) is 6.07 Å². The van der Waals surface area contributed by atoms with Crippen molar-refractivity contribution in [1.29, 1.82) is 0 Å². The molecular formula is C21H22N2O3. The Morgan fingerprint density at radius 1 is 1.19 bits per heavy atom. The fourth-order valence-corrected chi connectivity index (χ4v) is 3.70. The summed E-state index contributed by atoms with van der Waals surface area (Å²) < 4.78 is 6.60. The molecule has 1 aliphatic rings. The van der Waals surface area contributed by atoms with E-state index < -0.39 is 5.76 Å². The number of oxazole rings is 1. The van der Waals surface area contributed by atoms with Gasteiger partial charge in [-0.05, 0) is 67.5 Å². The van der Waals surface area contributed by atoms with Crippen molar-refractivity contribution in [3.63, 3.8) is 0 Å². The fraction of sp³-hybridized carbons (Fsp3) is 0.333. The van der Waals surface area contributed by atoms with Gasteiger partial charge in [0, 0.05) is 0 Å². The number of rotatable bonds is 4. The highest BCUT2D eigenvalue weighted by Gasteiger charge is 2.17. The molecule has 5 nitrogen and oxygen atoms in total. The van der Waals surface area contributed by atoms with Crippen molar-refractivity contribution >= 4 is 17.0 Å². The molecule has 0 bridgehead atoms. The SMILES string of the molecule is Cc1ccc2oc(=O)n(CC(=O)NC(C)c3ccc4c(c3)CCC4)c2c1. The minimum Gasteiger partial charge on any atom is -0.408 e. The lowest BCUT2D eigenvalue weighted by Crippen LogP contribution is -2.32. The third kappa shape index (κ3) is 3.05. The van der Waals surface area contributed by atoms with Crippen LogP contribution in [0, 0.1) is 6.92 Å². The number of aryl methyl sites for hydroxylation is 3. The number of amides is 1. The average Bonchev–Trinajstić information content (AvgIpc) is 3.19. The van der Waals surface area contributed by atoms with E-state index in [4.69, 9.17) is 4.42 Å². The Kier molecular flexibility index (Phi) is 4.15. The van der Waals surface area contributed by atoms with Crippen LogP contribution < -0.4 is 11.1 Å². The average molecular weight is 350 g/mol. The third-order valence-electron chi connectivity index (χ3n) is 5.12. The van der Waals surface area contributed by atoms with Gasteiger partial charge in [0.1, 0.15) is 6.54 Å². The highest BCUT2D eigenvalue weighted by Crippen LogP contribution is 2.25. The molecule has 0 spiro atoms. The van der Waals surface area contributed by atoms with Gasteiger partial charge in [-0.3, -0.25) is 9.36 Å². The molecule has 1 aromatic heterocycles. The van der Waals surface area contributed by atoms with Crippen LogP contribution in [-0.4, -0.2) is 10.5 Å². The van der Waals surface area contributed by atoms with Crippen LogP contribution in [0.5, 0.6) is 0 Å². The van der Waals surface area contributed by atoms with Gasteiger partial charge < -0.3 is 9.73 Å². The van der Waals surface area contributed by atoms with Crippen LogP contribution in [0.3, 0.4) is 0 Å². The van der Waals surface area contributed by atoms with Gasteiger partial charge in [-0.2, -0.15) is 0 Å². The van der Waals surface area contributed by atoms with Gasteiger partial charge in [0.25, 0.3) is 0 Å². The van der Waals surface area contributed by atoms with E-state index in [2.05, 4.69) is 23.5 Å². The highest BCUT2D eigenvalue weighted by molar-refractivity contribution is 5.80. The molecule has 0 aliphatic heterocycles. The van der Waals surface area contributed by atoms with Crippen molar-refractivity contribution in [2.24, 2.45) is 0 Å². The van der Waals surface area contributed by atoms with Crippen LogP contribution in [0.2, 0.25) is 0 Å². The first kappa shape index (κ1) is 16.6. The number of hydrogen-bond donors (Lipinski definition) is 1. The topological polar surface area (TPSA) is 64.2 Å². The van der Waals surface area contributed by atoms with Gasteiger partial charge >= 0.3 is 5.76 Å². The first-order chi connectivity index (χ1) is 12.5. The molecular weight excluding hydrogens is 328 g/mol. The van der Waals surface area contributed by atoms with Crippen molar-refractivity contribution < 1.29 is 9.21 Å². The number of carbonyl (C=O) groups excluding carboxylic acids is 1. The lowest BCUT2D eigenvalue weighted by molar-refractivity contribution is -0.122. The Hall–Kier alpha value is -2.82. The van der Waals surface area contributed by atoms with Crippen molar-refractivity contribution in [2.45, 2.75) is 45.7 Å². The Balaban J connectivity index is 1.51. The van der Waals surface area contributed by atoms with E-state index in [1.807, 2.05) is 26.0 Å². The highest BCUT2D eigenvalue weighted by atomic mass is 16.4. The third-order valence-corrected chi connectivity index (χ3v) is 5.12. The van der Waals surface area contributed by atoms with Gasteiger partial charge in [-0.1, -0.05) is 24.3 Å². The summed E-state index contributed by atoms with van der Waals surface area (Å²) in [6, 6.07) is 11.8. The molecule has 0 fully saturated rings. The molecule has 134 valence electrons. The van der Waals surface area contributed by atoms with Gasteiger partial charge in [0.2, 0.25) is 5.91 Å². The Bertz CT molecular complexity index is 1050. The minimum atomic E-state index is -0.508. The predicted molar refractivity (Wildman–Crippen MR) is 100 cm³/mol. The predicted octanol–water partition coefficient (Wildman–Crippen LogP) is 3.27. The maximum absolute atomic E-state index is 12.5. The molecule has 2 aromatic carbocycles. The van der Waals surface area contributed by atoms with Crippen LogP contribution in [0.25, 0.3) is 11.1 Å². The maximum atomic E-state index is 12.5. The van der Waals surface area contributed by atoms with Crippen molar-refractivity contribution in [3.05, 3.63) is 69.2 Å². The van der Waals surface area contributed by atoms with Gasteiger partial charge in [-0.25, -0.2) is 4.79 Å². The zero-order chi connectivity index (χ0) is 18.3. The molecule has 4 rings (SSSR count). The minimum absolute atomic E-state index is 0.0510. The molecule has 1 aliphatic carbocycles. The smallest absolute Gasteiger partial charge is 0.408 e. The Morgan fingerprint density at radius 3 is 2.85 bits per heavy atom. The normalized spacial score (nSPS) is 14.4. The fourth-order valence-electron chi connectivity index (χ4n) is 3.70. The second-order valence-electron chi connectivity index (χ2n) is 7.10. The summed E-state index contributed by atoms with van der Waals surface area (Å²) in [4.78, 5) is 24.6. The molecule has 3 aromatic rings. The summed E-state index contributed by atoms with van der Waals surface area (Å²) in [6.07, 6.45) is 3.46. The van der Waals surface area contributed by atoms with Crippen LogP contribution in [0.15, 0.2) is 45.6 Å². The van der Waals surface area contributed by atoms with E-state index in [1.165, 1.54) is 22.1 Å². The number of carbonyl (C=O) groups is 1. The first-order valence-corrected chi connectivity index (χ1v) is 9.02. The zero-order valence-electron chi connectivity index (χ0n) is 15.0. The van der Waals surface area contributed by atoms with E-state index in [0.717, 1.165) is 24.0 Å². The van der Waals surface area contributed by atoms with Crippen LogP contribution >= 0.6 is 0 Å². The lowest BCUT2D eigenvalue weighted by atomic mass is 10.0. The van der Waals surface area contributed by atoms with Crippen LogP contribution in [-0.2, 0) is 24.2 Å². The van der Waals surface area contributed by atoms with E-state index in [-0.39, 0.29) is 18.5 Å². The van der Waals surface area contributed by atoms with Crippen molar-refractivity contribution in [1.82, 2.24) is 9.88 Å². The zero-order valence-corrected chi connectivity index (χ0v) is 15.0. The second-order valence-corrected chi connectivity index (χ2v) is 7.10. The molecule has 1 N–H and O–H groups in total. The summed E-state index contributed by atoms with van der Waals surface area (Å²) in [5.41, 5.74) is 6.06. The van der Waals surface area contributed by atoms with E-state index >= 15 is 0 Å². The second kappa shape index (κ2) is 6.48. The number of nitrogens with one attached hydrogen (secondary N) is 1. The van der Waals surface area contributed by atoms with E-state index in [0.29, 0.717) is 11.1 Å². The molecule has 0 saturated heterocycles. The summed E-state index contributed by atoms with van der Waals surface area (Å²) in [5.74, 6) is -0.713. The quantitative estimate of drug-likeness (QED) is 0.785. The molecule has 0 saturated carbocycles. The molecule has 1 amide bonds. The van der Waals surface area contributed by atoms with Crippen molar-refractivity contribution in [2.75, 3.05) is 0 Å². The number of fused-ring (bicyclic) bond motifs is 2. The standard InChI is InChI=1S/C21H22N2O3/c1-13-6-9-19-18(10-13)23(21(25)26-19)12-20(24)22-14(2)16-8-7-15-4-3-5-17(15)11-16/h6-11,14H,3-5,12H2,1-2H3,(H,22,24). The molecule has 1 heterocycles. The summed E-state index contributed by atoms with van der Waals surface area (Å²) >= 11 is 0. The summed E-state index contributed by atoms with van der Waals surface area (Å²) in [7, 11) is 0. The number of nitrogens with zero attached hydrogens (tertiary/aromatic N) is 1. The Morgan fingerprint density at radius 2 is 2.00 bits per heavy atom. The number of aromatic nitrogens is 1. The largest absolute Gasteiger partial charge is 0.420 e. The lowest BCUT2D eigenvalue weighted by Gasteiger charge is -2.16. The van der Waals surface area contributed by atoms with Gasteiger partial charge in [0.15, 0.2) is 5.58 Å². The molecule has 0 radical (unpaired) electrons. The van der Waals surface area contributed by atoms with E-state index in [9.17, 15) is 9.59 Å². The maximum Gasteiger partial charge on any atom is 0.420 e. The van der Waals surface area contributed by atoms with Gasteiger partial charge in [-0.15, -0.1) is 0 Å². The van der Waals surface area contributed by atoms with Gasteiger partial charge in [0.05, 0.1) is 11.6 Å². The van der Waals surface area contributed by atoms with Crippen LogP contribution in [0.4, 0.5) is 0 Å². The summed E-state index contributed by atoms with van der Waals surface area (Å²) in [6.45, 7) is 3.86. The number of hydrogen-bond acceptors (Lipinski definition) is 3. The number of benzene rings is 2. The monoisotopic (exact) mass is 350 g/mol. The molecule has 26 heavy (non-hydrogen) atoms. The van der Waals surface area contributed by atoms with Crippen molar-refractivity contribution in [3.8, 4) is 0 Å². The molecule has 5 heteroatoms. The summed E-state index contributed by atoms with van der Waals surface area (Å²) in [5, 5.41) is 2.99. The first-order valence-electron chi connectivity index (χ1n) is 9.02. The Labute approximate surface area is 151 Å². The van der Waals surface area contributed by atoms with Crippen LogP contribution in [0.1, 0.15) is 41.6 Å². The molecule has 1 unspecified atom stereocenters. The molecule has 1 atom stereocenters.